The molecule has 15 nitrogen and oxygen atoms in total. The molecule has 8 N–H and O–H groups in total. The van der Waals surface area contributed by atoms with Crippen LogP contribution in [-0.4, -0.2) is 110 Å². The lowest BCUT2D eigenvalue weighted by molar-refractivity contribution is -0.268. The first kappa shape index (κ1) is 29.8. The molecule has 15 heteroatoms. The van der Waals surface area contributed by atoms with Gasteiger partial charge < -0.3 is 69.0 Å². The van der Waals surface area contributed by atoms with Gasteiger partial charge in [0.1, 0.15) is 59.1 Å². The van der Waals surface area contributed by atoms with E-state index >= 15 is 0 Å². The van der Waals surface area contributed by atoms with Crippen molar-refractivity contribution in [3.05, 3.63) is 40.6 Å². The molecule has 3 heterocycles. The minimum atomic E-state index is -1.77. The van der Waals surface area contributed by atoms with E-state index in [9.17, 15) is 45.6 Å². The van der Waals surface area contributed by atoms with Crippen LogP contribution < -0.4 is 19.6 Å². The highest BCUT2D eigenvalue weighted by Crippen LogP contribution is 2.40. The quantitative estimate of drug-likeness (QED) is 0.169. The molecule has 3 aromatic rings. The van der Waals surface area contributed by atoms with E-state index in [0.717, 1.165) is 6.07 Å². The van der Waals surface area contributed by atoms with Gasteiger partial charge in [0, 0.05) is 17.7 Å². The van der Waals surface area contributed by atoms with Crippen molar-refractivity contribution in [2.24, 2.45) is 0 Å². The molecule has 1 aromatic heterocycles. The van der Waals surface area contributed by atoms with Crippen LogP contribution in [0.4, 0.5) is 0 Å². The number of aromatic hydroxyl groups is 2. The average Bonchev–Trinajstić information content (AvgIpc) is 2.96. The van der Waals surface area contributed by atoms with Crippen LogP contribution in [0.2, 0.25) is 0 Å². The summed E-state index contributed by atoms with van der Waals surface area (Å²) in [6, 6.07) is 6.17. The average molecular weight is 595 g/mol. The lowest BCUT2D eigenvalue weighted by atomic mass is 10.00. The highest BCUT2D eigenvalue weighted by molar-refractivity contribution is 5.88. The third kappa shape index (κ3) is 5.32. The van der Waals surface area contributed by atoms with Crippen LogP contribution in [0.1, 0.15) is 6.92 Å². The largest absolute Gasteiger partial charge is 0.507 e. The molecule has 2 aliphatic rings. The van der Waals surface area contributed by atoms with Gasteiger partial charge in [-0.1, -0.05) is 0 Å². The number of aliphatic hydroxyl groups is 6. The minimum absolute atomic E-state index is 0.00641. The fraction of sp³-hybridized carbons (Fsp3) is 0.444. The molecule has 2 fully saturated rings. The number of phenols is 2. The van der Waals surface area contributed by atoms with Crippen molar-refractivity contribution in [1.29, 1.82) is 0 Å². The van der Waals surface area contributed by atoms with E-state index < -0.39 is 78.8 Å². The van der Waals surface area contributed by atoms with Crippen LogP contribution in [0, 0.1) is 0 Å². The molecule has 0 saturated carbocycles. The van der Waals surface area contributed by atoms with Crippen LogP contribution in [0.25, 0.3) is 22.3 Å². The number of hydrogen-bond acceptors (Lipinski definition) is 15. The summed E-state index contributed by atoms with van der Waals surface area (Å²) in [5.74, 6) is -1.82. The van der Waals surface area contributed by atoms with Crippen LogP contribution in [0.15, 0.2) is 39.5 Å². The molecule has 0 amide bonds. The van der Waals surface area contributed by atoms with Crippen molar-refractivity contribution < 1.29 is 69.0 Å². The summed E-state index contributed by atoms with van der Waals surface area (Å²) in [6.45, 7) is 1.04. The summed E-state index contributed by atoms with van der Waals surface area (Å²) in [5.41, 5.74) is -1.02. The molecular weight excluding hydrogens is 564 g/mol. The maximum Gasteiger partial charge on any atom is 0.239 e. The molecule has 9 atom stereocenters. The molecular formula is C27H30O15. The van der Waals surface area contributed by atoms with Gasteiger partial charge >= 0.3 is 0 Å². The maximum atomic E-state index is 13.7. The molecule has 0 spiro atoms. The highest BCUT2D eigenvalue weighted by Gasteiger charge is 2.43. The van der Waals surface area contributed by atoms with Gasteiger partial charge in [0.2, 0.25) is 23.8 Å². The first-order chi connectivity index (χ1) is 19.9. The van der Waals surface area contributed by atoms with Crippen molar-refractivity contribution in [3.8, 4) is 40.1 Å². The Morgan fingerprint density at radius 1 is 0.833 bits per heavy atom. The first-order valence-electron chi connectivity index (χ1n) is 12.8. The number of benzene rings is 2. The van der Waals surface area contributed by atoms with Gasteiger partial charge in [-0.05, 0) is 25.1 Å². The van der Waals surface area contributed by atoms with Gasteiger partial charge in [-0.25, -0.2) is 0 Å². The number of rotatable bonds is 6. The maximum absolute atomic E-state index is 13.7. The molecule has 2 saturated heterocycles. The Morgan fingerprint density at radius 3 is 2.26 bits per heavy atom. The SMILES string of the molecule is COc1cc(-c2oc3cc(O[C@@H]4O[C@@H](C)[C@@H](O)[C@H](O)[C@@H]4O)cc(O)c3c(=O)c2O[C@@H]2OC[C@H](O)[C@@H](O)[C@@H]2O)ccc1O. The van der Waals surface area contributed by atoms with Gasteiger partial charge in [-0.15, -0.1) is 0 Å². The summed E-state index contributed by atoms with van der Waals surface area (Å²) in [5, 5.41) is 81.1. The number of fused-ring (bicyclic) bond motifs is 1. The van der Waals surface area contributed by atoms with Crippen LogP contribution in [-0.2, 0) is 9.47 Å². The Hall–Kier alpha value is -3.67. The number of phenolic OH excluding ortho intramolecular Hbond substituents is 2. The van der Waals surface area contributed by atoms with Crippen LogP contribution in [0.5, 0.6) is 28.7 Å². The molecule has 2 aromatic carbocycles. The second-order valence-corrected chi connectivity index (χ2v) is 9.96. The molecule has 228 valence electrons. The third-order valence-corrected chi connectivity index (χ3v) is 7.10. The van der Waals surface area contributed by atoms with E-state index in [0.29, 0.717) is 0 Å². The number of methoxy groups -OCH3 is 1. The minimum Gasteiger partial charge on any atom is -0.507 e. The van der Waals surface area contributed by atoms with Crippen LogP contribution in [0.3, 0.4) is 0 Å². The van der Waals surface area contributed by atoms with Crippen molar-refractivity contribution in [2.45, 2.75) is 62.2 Å². The Morgan fingerprint density at radius 2 is 1.55 bits per heavy atom. The predicted molar refractivity (Wildman–Crippen MR) is 139 cm³/mol. The van der Waals surface area contributed by atoms with E-state index in [1.165, 1.54) is 38.3 Å². The molecule has 0 unspecified atom stereocenters. The number of aliphatic hydroxyl groups excluding tert-OH is 6. The van der Waals surface area contributed by atoms with Gasteiger partial charge in [0.25, 0.3) is 0 Å². The summed E-state index contributed by atoms with van der Waals surface area (Å²) < 4.78 is 33.1. The molecule has 0 bridgehead atoms. The zero-order chi connectivity index (χ0) is 30.5. The fourth-order valence-corrected chi connectivity index (χ4v) is 4.69. The van der Waals surface area contributed by atoms with Crippen molar-refractivity contribution in [2.75, 3.05) is 13.7 Å². The summed E-state index contributed by atoms with van der Waals surface area (Å²) >= 11 is 0. The van der Waals surface area contributed by atoms with E-state index in [4.69, 9.17) is 28.1 Å². The first-order valence-corrected chi connectivity index (χ1v) is 12.8. The Labute approximate surface area is 236 Å². The Bertz CT molecular complexity index is 1510. The predicted octanol–water partition coefficient (Wildman–Crippen LogP) is -1.10. The van der Waals surface area contributed by atoms with Gasteiger partial charge in [-0.2, -0.15) is 0 Å². The zero-order valence-corrected chi connectivity index (χ0v) is 22.2. The van der Waals surface area contributed by atoms with Crippen LogP contribution >= 0.6 is 0 Å². The lowest BCUT2D eigenvalue weighted by Gasteiger charge is -2.38. The lowest BCUT2D eigenvalue weighted by Crippen LogP contribution is -2.58. The van der Waals surface area contributed by atoms with E-state index in [1.54, 1.807) is 0 Å². The highest BCUT2D eigenvalue weighted by atomic mass is 16.7. The van der Waals surface area contributed by atoms with E-state index in [2.05, 4.69) is 0 Å². The van der Waals surface area contributed by atoms with Crippen molar-refractivity contribution in [3.63, 3.8) is 0 Å². The van der Waals surface area contributed by atoms with Gasteiger partial charge in [-0.3, -0.25) is 4.79 Å². The Balaban J connectivity index is 1.61. The van der Waals surface area contributed by atoms with E-state index in [1.807, 2.05) is 0 Å². The summed E-state index contributed by atoms with van der Waals surface area (Å²) in [7, 11) is 1.30. The molecule has 0 aliphatic carbocycles. The second-order valence-electron chi connectivity index (χ2n) is 9.96. The molecule has 5 rings (SSSR count). The number of hydrogen-bond donors (Lipinski definition) is 8. The second kappa shape index (κ2) is 11.5. The van der Waals surface area contributed by atoms with Crippen molar-refractivity contribution in [1.82, 2.24) is 0 Å². The smallest absolute Gasteiger partial charge is 0.239 e. The normalized spacial score (nSPS) is 31.6. The standard InChI is InChI=1S/C27H30O15/c1-9-18(31)21(34)23(36)27(39-9)40-11-6-13(29)17-16(7-11)41-24(10-3-4-12(28)15(5-10)37-2)25(20(17)33)42-26-22(35)19(32)14(30)8-38-26/h3-7,9,14,18-19,21-23,26-32,34-36H,8H2,1-2H3/t9-,14-,18+,19+,21-,22-,23-,26-,27-/m0/s1. The number of ether oxygens (including phenoxy) is 5. The molecule has 42 heavy (non-hydrogen) atoms. The Kier molecular flexibility index (Phi) is 8.19. The summed E-state index contributed by atoms with van der Waals surface area (Å²) in [6.07, 6.45) is -13.4. The summed E-state index contributed by atoms with van der Waals surface area (Å²) in [4.78, 5) is 13.7. The topological polar surface area (TPSA) is 238 Å². The molecule has 0 radical (unpaired) electrons. The molecule has 2 aliphatic heterocycles. The monoisotopic (exact) mass is 594 g/mol. The van der Waals surface area contributed by atoms with Crippen molar-refractivity contribution >= 4 is 11.0 Å². The zero-order valence-electron chi connectivity index (χ0n) is 22.2. The fourth-order valence-electron chi connectivity index (χ4n) is 4.69. The van der Waals surface area contributed by atoms with Gasteiger partial charge in [0.05, 0.1) is 19.8 Å². The van der Waals surface area contributed by atoms with E-state index in [-0.39, 0.29) is 39.5 Å². The third-order valence-electron chi connectivity index (χ3n) is 7.10. The van der Waals surface area contributed by atoms with Gasteiger partial charge in [0.15, 0.2) is 17.3 Å².